The fourth-order valence-electron chi connectivity index (χ4n) is 1.52. The lowest BCUT2D eigenvalue weighted by Crippen LogP contribution is -2.11. The van der Waals surface area contributed by atoms with E-state index < -0.39 is 0 Å². The van der Waals surface area contributed by atoms with Gasteiger partial charge in [-0.25, -0.2) is 0 Å². The summed E-state index contributed by atoms with van der Waals surface area (Å²) in [6.07, 6.45) is 0. The number of nitrogens with two attached hydrogens (primary N) is 1. The molecule has 2 aromatic rings. The van der Waals surface area contributed by atoms with Crippen molar-refractivity contribution < 1.29 is 4.79 Å². The molecule has 3 N–H and O–H groups in total. The molecule has 5 heteroatoms. The predicted octanol–water partition coefficient (Wildman–Crippen LogP) is 3.24. The molecule has 0 radical (unpaired) electrons. The van der Waals surface area contributed by atoms with Crippen molar-refractivity contribution in [2.24, 2.45) is 5.73 Å². The molecular weight excluding hydrogens is 283 g/mol. The first kappa shape index (κ1) is 17.4. The van der Waals surface area contributed by atoms with E-state index in [-0.39, 0.29) is 30.7 Å². The zero-order chi connectivity index (χ0) is 12.1. The summed E-state index contributed by atoms with van der Waals surface area (Å²) in [6, 6.07) is 16.7. The third-order valence-electron chi connectivity index (χ3n) is 2.48. The van der Waals surface area contributed by atoms with Crippen LogP contribution < -0.4 is 11.1 Å². The number of carbonyl (C=O) groups excluding carboxylic acids is 1. The molecule has 0 spiro atoms. The number of para-hydroxylation sites is 1. The van der Waals surface area contributed by atoms with E-state index in [9.17, 15) is 4.79 Å². The van der Waals surface area contributed by atoms with Crippen molar-refractivity contribution in [1.82, 2.24) is 0 Å². The van der Waals surface area contributed by atoms with Gasteiger partial charge in [0.05, 0.1) is 0 Å². The van der Waals surface area contributed by atoms with Gasteiger partial charge in [0.1, 0.15) is 0 Å². The zero-order valence-corrected chi connectivity index (χ0v) is 11.8. The second-order valence-corrected chi connectivity index (χ2v) is 3.72. The molecule has 102 valence electrons. The first-order valence-electron chi connectivity index (χ1n) is 5.45. The van der Waals surface area contributed by atoms with Crippen molar-refractivity contribution >= 4 is 36.4 Å². The average molecular weight is 299 g/mol. The number of nitrogens with one attached hydrogen (secondary N) is 1. The number of amides is 1. The Morgan fingerprint density at radius 1 is 0.947 bits per heavy atom. The van der Waals surface area contributed by atoms with Gasteiger partial charge in [-0.1, -0.05) is 30.3 Å². The molecule has 0 aliphatic carbocycles. The summed E-state index contributed by atoms with van der Waals surface area (Å²) in [5.74, 6) is -0.111. The fourth-order valence-corrected chi connectivity index (χ4v) is 1.52. The van der Waals surface area contributed by atoms with Gasteiger partial charge in [0.25, 0.3) is 5.91 Å². The lowest BCUT2D eigenvalue weighted by molar-refractivity contribution is 0.102. The second-order valence-electron chi connectivity index (χ2n) is 3.72. The Morgan fingerprint density at radius 2 is 1.53 bits per heavy atom. The van der Waals surface area contributed by atoms with E-state index in [0.29, 0.717) is 12.1 Å². The van der Waals surface area contributed by atoms with Gasteiger partial charge >= 0.3 is 0 Å². The molecular formula is C14H16Cl2N2O. The standard InChI is InChI=1S/C14H14N2O.2ClH/c15-10-11-6-8-12(9-7-11)14(17)16-13-4-2-1-3-5-13;;/h1-9H,10,15H2,(H,16,17);2*1H. The number of carbonyl (C=O) groups is 1. The van der Waals surface area contributed by atoms with Crippen molar-refractivity contribution in [3.05, 3.63) is 65.7 Å². The molecule has 2 rings (SSSR count). The van der Waals surface area contributed by atoms with Gasteiger partial charge in [-0.15, -0.1) is 24.8 Å². The van der Waals surface area contributed by atoms with Crippen molar-refractivity contribution in [2.45, 2.75) is 6.54 Å². The Kier molecular flexibility index (Phi) is 7.84. The van der Waals surface area contributed by atoms with E-state index in [4.69, 9.17) is 5.73 Å². The van der Waals surface area contributed by atoms with Crippen LogP contribution in [0.15, 0.2) is 54.6 Å². The van der Waals surface area contributed by atoms with Crippen LogP contribution in [0, 0.1) is 0 Å². The van der Waals surface area contributed by atoms with Gasteiger partial charge in [-0.05, 0) is 29.8 Å². The summed E-state index contributed by atoms with van der Waals surface area (Å²) in [6.45, 7) is 0.487. The Morgan fingerprint density at radius 3 is 2.05 bits per heavy atom. The van der Waals surface area contributed by atoms with Gasteiger partial charge in [-0.3, -0.25) is 4.79 Å². The largest absolute Gasteiger partial charge is 0.326 e. The Balaban J connectivity index is 0.00000162. The highest BCUT2D eigenvalue weighted by Gasteiger charge is 2.04. The maximum atomic E-state index is 11.9. The van der Waals surface area contributed by atoms with Crippen LogP contribution in [-0.2, 0) is 6.54 Å². The van der Waals surface area contributed by atoms with Crippen LogP contribution in [0.3, 0.4) is 0 Å². The maximum absolute atomic E-state index is 11.9. The van der Waals surface area contributed by atoms with Crippen LogP contribution in [0.4, 0.5) is 5.69 Å². The molecule has 3 nitrogen and oxygen atoms in total. The summed E-state index contributed by atoms with van der Waals surface area (Å²) in [5, 5.41) is 2.83. The van der Waals surface area contributed by atoms with E-state index >= 15 is 0 Å². The second kappa shape index (κ2) is 8.53. The van der Waals surface area contributed by atoms with Crippen LogP contribution in [0.5, 0.6) is 0 Å². The van der Waals surface area contributed by atoms with Crippen LogP contribution in [0.1, 0.15) is 15.9 Å². The number of halogens is 2. The highest BCUT2D eigenvalue weighted by molar-refractivity contribution is 6.04. The number of hydrogen-bond acceptors (Lipinski definition) is 2. The highest BCUT2D eigenvalue weighted by atomic mass is 35.5. The van der Waals surface area contributed by atoms with Crippen molar-refractivity contribution in [2.75, 3.05) is 5.32 Å². The van der Waals surface area contributed by atoms with Crippen molar-refractivity contribution in [1.29, 1.82) is 0 Å². The fraction of sp³-hybridized carbons (Fsp3) is 0.0714. The predicted molar refractivity (Wildman–Crippen MR) is 83.2 cm³/mol. The summed E-state index contributed by atoms with van der Waals surface area (Å²) in [4.78, 5) is 11.9. The Hall–Kier alpha value is -1.55. The molecule has 0 bridgehead atoms. The first-order chi connectivity index (χ1) is 8.29. The lowest BCUT2D eigenvalue weighted by atomic mass is 10.1. The molecule has 1 amide bonds. The van der Waals surface area contributed by atoms with E-state index in [1.165, 1.54) is 0 Å². The van der Waals surface area contributed by atoms with Crippen molar-refractivity contribution in [3.63, 3.8) is 0 Å². The molecule has 0 unspecified atom stereocenters. The average Bonchev–Trinajstić information content (AvgIpc) is 2.40. The maximum Gasteiger partial charge on any atom is 0.255 e. The van der Waals surface area contributed by atoms with Crippen molar-refractivity contribution in [3.8, 4) is 0 Å². The summed E-state index contributed by atoms with van der Waals surface area (Å²) in [7, 11) is 0. The monoisotopic (exact) mass is 298 g/mol. The third-order valence-corrected chi connectivity index (χ3v) is 2.48. The molecule has 19 heavy (non-hydrogen) atoms. The molecule has 0 atom stereocenters. The minimum absolute atomic E-state index is 0. The van der Waals surface area contributed by atoms with E-state index in [0.717, 1.165) is 11.3 Å². The number of hydrogen-bond donors (Lipinski definition) is 2. The van der Waals surface area contributed by atoms with Gasteiger partial charge in [-0.2, -0.15) is 0 Å². The van der Waals surface area contributed by atoms with Gasteiger partial charge in [0.15, 0.2) is 0 Å². The Bertz CT molecular complexity index is 501. The summed E-state index contributed by atoms with van der Waals surface area (Å²) >= 11 is 0. The molecule has 2 aromatic carbocycles. The number of benzene rings is 2. The SMILES string of the molecule is Cl.Cl.NCc1ccc(C(=O)Nc2ccccc2)cc1. The number of anilines is 1. The molecule has 0 aromatic heterocycles. The van der Waals surface area contributed by atoms with Gasteiger partial charge in [0, 0.05) is 17.8 Å². The summed E-state index contributed by atoms with van der Waals surface area (Å²) in [5.41, 5.74) is 7.94. The molecule has 0 saturated heterocycles. The summed E-state index contributed by atoms with van der Waals surface area (Å²) < 4.78 is 0. The van der Waals surface area contributed by atoms with Gasteiger partial charge in [0.2, 0.25) is 0 Å². The third kappa shape index (κ3) is 4.91. The van der Waals surface area contributed by atoms with E-state index in [2.05, 4.69) is 5.32 Å². The topological polar surface area (TPSA) is 55.1 Å². The van der Waals surface area contributed by atoms with Crippen LogP contribution in [0.2, 0.25) is 0 Å². The van der Waals surface area contributed by atoms with E-state index in [1.54, 1.807) is 12.1 Å². The normalized spacial score (nSPS) is 8.89. The molecule has 0 fully saturated rings. The number of rotatable bonds is 3. The smallest absolute Gasteiger partial charge is 0.255 e. The quantitative estimate of drug-likeness (QED) is 0.914. The Labute approximate surface area is 125 Å². The molecule has 0 aliphatic rings. The minimum atomic E-state index is -0.111. The molecule has 0 saturated carbocycles. The molecule has 0 aliphatic heterocycles. The lowest BCUT2D eigenvalue weighted by Gasteiger charge is -2.05. The molecule has 0 heterocycles. The van der Waals surface area contributed by atoms with Crippen LogP contribution in [0.25, 0.3) is 0 Å². The highest BCUT2D eigenvalue weighted by Crippen LogP contribution is 2.09. The van der Waals surface area contributed by atoms with E-state index in [1.807, 2.05) is 42.5 Å². The van der Waals surface area contributed by atoms with Gasteiger partial charge < -0.3 is 11.1 Å². The van der Waals surface area contributed by atoms with Crippen LogP contribution in [-0.4, -0.2) is 5.91 Å². The zero-order valence-electron chi connectivity index (χ0n) is 10.2. The van der Waals surface area contributed by atoms with Crippen LogP contribution >= 0.6 is 24.8 Å². The minimum Gasteiger partial charge on any atom is -0.326 e. The first-order valence-corrected chi connectivity index (χ1v) is 5.45.